The van der Waals surface area contributed by atoms with Crippen LogP contribution >= 0.6 is 28.6 Å². The van der Waals surface area contributed by atoms with Crippen LogP contribution in [-0.4, -0.2) is 82.1 Å². The van der Waals surface area contributed by atoms with E-state index in [9.17, 15) is 28.8 Å². The maximum Gasteiger partial charge on any atom is 0.322 e. The molecule has 0 saturated heterocycles. The number of hydrogen-bond acceptors (Lipinski definition) is 8. The van der Waals surface area contributed by atoms with Crippen molar-refractivity contribution in [1.82, 2.24) is 15.5 Å². The molecule has 2 unspecified atom stereocenters. The molecule has 0 radical (unpaired) electrons. The van der Waals surface area contributed by atoms with Crippen molar-refractivity contribution in [2.24, 2.45) is 5.73 Å². The number of amides is 4. The Morgan fingerprint density at radius 2 is 1.86 bits per heavy atom. The van der Waals surface area contributed by atoms with Gasteiger partial charge in [-0.05, 0) is 22.4 Å². The summed E-state index contributed by atoms with van der Waals surface area (Å²) in [4.78, 5) is 66.1. The van der Waals surface area contributed by atoms with Gasteiger partial charge in [0.15, 0.2) is 0 Å². The van der Waals surface area contributed by atoms with E-state index in [1.165, 1.54) is 13.1 Å². The number of halogens is 1. The van der Waals surface area contributed by atoms with Gasteiger partial charge in [0, 0.05) is 25.3 Å². The van der Waals surface area contributed by atoms with Crippen molar-refractivity contribution in [3.8, 4) is 0 Å². The van der Waals surface area contributed by atoms with Crippen molar-refractivity contribution in [3.05, 3.63) is 10.6 Å². The van der Waals surface area contributed by atoms with E-state index >= 15 is 0 Å². The summed E-state index contributed by atoms with van der Waals surface area (Å²) in [7, 11) is 1.44. The summed E-state index contributed by atoms with van der Waals surface area (Å²) in [6.45, 7) is -0.567. The Morgan fingerprint density at radius 1 is 1.28 bits per heavy atom. The first kappa shape index (κ1) is 26.6. The molecular weight excluding hydrogens is 476 g/mol. The zero-order valence-electron chi connectivity index (χ0n) is 15.3. The first-order chi connectivity index (χ1) is 13.4. The second-order valence-corrected chi connectivity index (χ2v) is 6.81. The number of carbonyl (C=O) groups is 6. The number of nitrogens with zero attached hydrogens (tertiary/aromatic N) is 1. The summed E-state index contributed by atoms with van der Waals surface area (Å²) in [6, 6.07) is -2.15. The number of nitrogens with two attached hydrogens (primary N) is 1. The molecule has 1 aliphatic heterocycles. The molecule has 0 bridgehead atoms. The Hall–Kier alpha value is -2.45. The average molecular weight is 497 g/mol. The van der Waals surface area contributed by atoms with E-state index < -0.39 is 42.4 Å². The van der Waals surface area contributed by atoms with Gasteiger partial charge >= 0.3 is 11.9 Å². The molecule has 29 heavy (non-hydrogen) atoms. The Balaban J connectivity index is 0.000000717. The molecule has 162 valence electrons. The van der Waals surface area contributed by atoms with Crippen LogP contribution in [0.3, 0.4) is 0 Å². The van der Waals surface area contributed by atoms with Gasteiger partial charge in [-0.3, -0.25) is 33.7 Å². The Bertz CT molecular complexity index is 714. The Kier molecular flexibility index (Phi) is 11.8. The number of likely N-dealkylation sites (N-methyl/N-ethyl adjacent to an activating group) is 1. The van der Waals surface area contributed by atoms with Crippen molar-refractivity contribution in [2.45, 2.75) is 24.9 Å². The molecule has 1 rings (SSSR count). The monoisotopic (exact) mass is 496 g/mol. The number of carboxylic acid groups (broad SMARTS) is 2. The van der Waals surface area contributed by atoms with Crippen LogP contribution in [0.4, 0.5) is 0 Å². The summed E-state index contributed by atoms with van der Waals surface area (Å²) in [5, 5.41) is 21.4. The number of hydrogen-bond donors (Lipinski definition) is 6. The maximum absolute atomic E-state index is 11.5. The molecule has 0 aromatic heterocycles. The van der Waals surface area contributed by atoms with Crippen LogP contribution in [0.5, 0.6) is 0 Å². The number of rotatable bonds is 9. The van der Waals surface area contributed by atoms with Crippen LogP contribution in [0.2, 0.25) is 0 Å². The lowest BCUT2D eigenvalue weighted by Gasteiger charge is -2.16. The minimum Gasteiger partial charge on any atom is -0.480 e. The lowest BCUT2D eigenvalue weighted by molar-refractivity contribution is -0.139. The van der Waals surface area contributed by atoms with Gasteiger partial charge in [0.25, 0.3) is 11.8 Å². The third-order valence-corrected chi connectivity index (χ3v) is 4.27. The molecule has 12 nitrogen and oxygen atoms in total. The smallest absolute Gasteiger partial charge is 0.322 e. The van der Waals surface area contributed by atoms with Crippen molar-refractivity contribution in [3.63, 3.8) is 0 Å². The topological polar surface area (TPSA) is 196 Å². The van der Waals surface area contributed by atoms with Gasteiger partial charge in [0.05, 0.1) is 4.48 Å². The molecule has 0 aliphatic carbocycles. The van der Waals surface area contributed by atoms with Crippen LogP contribution in [0, 0.1) is 0 Å². The number of imide groups is 1. The molecule has 4 amide bonds. The normalized spacial score (nSPS) is 14.9. The third kappa shape index (κ3) is 10.0. The molecule has 0 spiro atoms. The van der Waals surface area contributed by atoms with Gasteiger partial charge in [-0.1, -0.05) is 0 Å². The molecule has 0 aromatic rings. The van der Waals surface area contributed by atoms with E-state index in [1.807, 2.05) is 0 Å². The predicted molar refractivity (Wildman–Crippen MR) is 106 cm³/mol. The van der Waals surface area contributed by atoms with Crippen LogP contribution in [0.1, 0.15) is 12.8 Å². The van der Waals surface area contributed by atoms with Crippen molar-refractivity contribution in [2.75, 3.05) is 19.3 Å². The molecule has 6 N–H and O–H groups in total. The zero-order valence-corrected chi connectivity index (χ0v) is 17.7. The SMILES string of the molecule is CN1C(=O)C=C(Br)C1=O.NC(CCC(=O)NC(CS)C(=O)NCC(=O)O)C(=O)O. The quantitative estimate of drug-likeness (QED) is 0.155. The van der Waals surface area contributed by atoms with Crippen molar-refractivity contribution >= 4 is 64.1 Å². The van der Waals surface area contributed by atoms with Gasteiger partial charge in [-0.15, -0.1) is 0 Å². The van der Waals surface area contributed by atoms with Crippen molar-refractivity contribution in [1.29, 1.82) is 0 Å². The molecule has 14 heteroatoms. The van der Waals surface area contributed by atoms with E-state index in [0.29, 0.717) is 4.48 Å². The highest BCUT2D eigenvalue weighted by molar-refractivity contribution is 9.12. The first-order valence-corrected chi connectivity index (χ1v) is 9.40. The van der Waals surface area contributed by atoms with E-state index in [0.717, 1.165) is 4.90 Å². The summed E-state index contributed by atoms with van der Waals surface area (Å²) in [5.74, 6) is -4.25. The molecular formula is C15H21BrN4O8S. The molecule has 0 saturated carbocycles. The van der Waals surface area contributed by atoms with E-state index in [4.69, 9.17) is 15.9 Å². The number of aliphatic carboxylic acids is 2. The number of thiol groups is 1. The summed E-state index contributed by atoms with van der Waals surface area (Å²) >= 11 is 6.81. The number of carboxylic acids is 2. The maximum atomic E-state index is 11.5. The lowest BCUT2D eigenvalue weighted by atomic mass is 10.1. The predicted octanol–water partition coefficient (Wildman–Crippen LogP) is -1.94. The van der Waals surface area contributed by atoms with E-state index in [1.54, 1.807) is 0 Å². The fourth-order valence-electron chi connectivity index (χ4n) is 1.68. The lowest BCUT2D eigenvalue weighted by Crippen LogP contribution is -2.49. The highest BCUT2D eigenvalue weighted by Crippen LogP contribution is 2.15. The molecule has 2 atom stereocenters. The van der Waals surface area contributed by atoms with Gasteiger partial charge in [-0.2, -0.15) is 12.6 Å². The largest absolute Gasteiger partial charge is 0.480 e. The fourth-order valence-corrected chi connectivity index (χ4v) is 2.40. The van der Waals surface area contributed by atoms with Crippen LogP contribution in [0.15, 0.2) is 10.6 Å². The minimum atomic E-state index is -1.22. The fraction of sp³-hybridized carbons (Fsp3) is 0.467. The average Bonchev–Trinajstić information content (AvgIpc) is 2.88. The van der Waals surface area contributed by atoms with E-state index in [-0.39, 0.29) is 30.4 Å². The summed E-state index contributed by atoms with van der Waals surface area (Å²) in [6.07, 6.45) is 1.02. The Morgan fingerprint density at radius 3 is 2.21 bits per heavy atom. The number of nitrogens with one attached hydrogen (secondary N) is 2. The van der Waals surface area contributed by atoms with Crippen LogP contribution in [-0.2, 0) is 28.8 Å². The molecule has 1 aliphatic rings. The summed E-state index contributed by atoms with van der Waals surface area (Å²) in [5.41, 5.74) is 5.23. The van der Waals surface area contributed by atoms with Gasteiger partial charge in [0.1, 0.15) is 18.6 Å². The molecule has 1 heterocycles. The van der Waals surface area contributed by atoms with Gasteiger partial charge < -0.3 is 26.6 Å². The third-order valence-electron chi connectivity index (χ3n) is 3.34. The van der Waals surface area contributed by atoms with Crippen LogP contribution in [0.25, 0.3) is 0 Å². The second kappa shape index (κ2) is 12.9. The molecule has 0 fully saturated rings. The highest BCUT2D eigenvalue weighted by atomic mass is 79.9. The first-order valence-electron chi connectivity index (χ1n) is 7.98. The zero-order chi connectivity index (χ0) is 22.7. The van der Waals surface area contributed by atoms with Crippen LogP contribution < -0.4 is 16.4 Å². The van der Waals surface area contributed by atoms with Gasteiger partial charge in [-0.25, -0.2) is 0 Å². The second-order valence-electron chi connectivity index (χ2n) is 5.59. The highest BCUT2D eigenvalue weighted by Gasteiger charge is 2.25. The minimum absolute atomic E-state index is 0.0256. The van der Waals surface area contributed by atoms with Gasteiger partial charge in [0.2, 0.25) is 11.8 Å². The molecule has 0 aromatic carbocycles. The number of carbonyl (C=O) groups excluding carboxylic acids is 4. The van der Waals surface area contributed by atoms with Crippen molar-refractivity contribution < 1.29 is 39.0 Å². The standard InChI is InChI=1S/C10H17N3O6S.C5H4BrNO2/c11-5(10(18)19)1-2-7(14)13-6(4-20)9(17)12-3-8(15)16;1-7-4(8)2-3(6)5(7)9/h5-6,20H,1-4,11H2,(H,12,17)(H,13,14)(H,15,16)(H,18,19);2H,1H3. The summed E-state index contributed by atoms with van der Waals surface area (Å²) < 4.78 is 0.329. The Labute approximate surface area is 179 Å². The van der Waals surface area contributed by atoms with E-state index in [2.05, 4.69) is 39.2 Å².